The summed E-state index contributed by atoms with van der Waals surface area (Å²) in [5, 5.41) is 0. The van der Waals surface area contributed by atoms with E-state index in [9.17, 15) is 18.0 Å². The van der Waals surface area contributed by atoms with Crippen molar-refractivity contribution in [3.8, 4) is 0 Å². The van der Waals surface area contributed by atoms with Crippen molar-refractivity contribution in [1.29, 1.82) is 0 Å². The van der Waals surface area contributed by atoms with E-state index in [4.69, 9.17) is 4.74 Å². The summed E-state index contributed by atoms with van der Waals surface area (Å²) in [7, 11) is 1.69. The Morgan fingerprint density at radius 1 is 1.29 bits per heavy atom. The molecule has 0 N–H and O–H groups in total. The van der Waals surface area contributed by atoms with Crippen LogP contribution in [0.4, 0.5) is 19.1 Å². The number of halogens is 3. The van der Waals surface area contributed by atoms with Crippen LogP contribution < -0.4 is 4.90 Å². The molecule has 0 radical (unpaired) electrons. The first kappa shape index (κ1) is 20.8. The molecule has 3 unspecified atom stereocenters. The summed E-state index contributed by atoms with van der Waals surface area (Å²) >= 11 is 0. The molecule has 7 nitrogen and oxygen atoms in total. The first-order valence-electron chi connectivity index (χ1n) is 9.42. The van der Waals surface area contributed by atoms with Gasteiger partial charge in [-0.15, -0.1) is 0 Å². The Balaban J connectivity index is 1.57. The Morgan fingerprint density at radius 2 is 1.96 bits per heavy atom. The number of ether oxygens (including phenoxy) is 1. The molecule has 1 aromatic heterocycles. The zero-order chi connectivity index (χ0) is 20.5. The summed E-state index contributed by atoms with van der Waals surface area (Å²) < 4.78 is 44.3. The van der Waals surface area contributed by atoms with Crippen molar-refractivity contribution in [3.05, 3.63) is 18.0 Å². The number of carbonyl (C=O) groups is 1. The average Bonchev–Trinajstić information content (AvgIpc) is 3.08. The van der Waals surface area contributed by atoms with Crippen LogP contribution in [-0.4, -0.2) is 83.7 Å². The summed E-state index contributed by atoms with van der Waals surface area (Å²) in [6.45, 7) is 6.65. The molecule has 0 saturated carbocycles. The van der Waals surface area contributed by atoms with Gasteiger partial charge in [0.25, 0.3) is 0 Å². The maximum atomic E-state index is 12.9. The molecule has 0 aromatic carbocycles. The highest BCUT2D eigenvalue weighted by Gasteiger charge is 2.35. The number of amides is 1. The van der Waals surface area contributed by atoms with Crippen molar-refractivity contribution < 1.29 is 22.7 Å². The van der Waals surface area contributed by atoms with E-state index in [0.29, 0.717) is 32.7 Å². The minimum atomic E-state index is -4.50. The third-order valence-corrected chi connectivity index (χ3v) is 5.18. The van der Waals surface area contributed by atoms with E-state index < -0.39 is 11.9 Å². The summed E-state index contributed by atoms with van der Waals surface area (Å²) in [6.07, 6.45) is -2.61. The molecule has 10 heteroatoms. The number of aromatic nitrogens is 2. The zero-order valence-electron chi connectivity index (χ0n) is 16.3. The minimum Gasteiger partial charge on any atom is -0.372 e. The van der Waals surface area contributed by atoms with Crippen LogP contribution >= 0.6 is 0 Å². The molecule has 2 aliphatic heterocycles. The van der Waals surface area contributed by atoms with E-state index in [2.05, 4.69) is 9.97 Å². The topological polar surface area (TPSA) is 61.8 Å². The Hall–Kier alpha value is -1.94. The summed E-state index contributed by atoms with van der Waals surface area (Å²) in [5.74, 6) is 0.101. The van der Waals surface area contributed by atoms with Crippen LogP contribution in [0, 0.1) is 0 Å². The molecular formula is C18H26F3N5O2. The second kappa shape index (κ2) is 8.20. The monoisotopic (exact) mass is 401 g/mol. The van der Waals surface area contributed by atoms with Crippen LogP contribution in [-0.2, 0) is 15.7 Å². The number of likely N-dealkylation sites (tertiary alicyclic amines) is 1. The molecule has 1 aromatic rings. The first-order chi connectivity index (χ1) is 13.1. The number of carbonyl (C=O) groups excluding carboxylic acids is 1. The fourth-order valence-corrected chi connectivity index (χ4v) is 3.78. The van der Waals surface area contributed by atoms with Crippen LogP contribution in [0.2, 0.25) is 0 Å². The molecule has 0 aliphatic carbocycles. The predicted octanol–water partition coefficient (Wildman–Crippen LogP) is 1.64. The number of likely N-dealkylation sites (N-methyl/N-ethyl adjacent to an activating group) is 1. The number of nitrogens with zero attached hydrogens (tertiary/aromatic N) is 5. The Morgan fingerprint density at radius 3 is 2.61 bits per heavy atom. The minimum absolute atomic E-state index is 0.0169. The highest BCUT2D eigenvalue weighted by molar-refractivity contribution is 5.78. The molecule has 0 spiro atoms. The van der Waals surface area contributed by atoms with E-state index in [-0.39, 0.29) is 30.1 Å². The molecule has 2 aliphatic rings. The smallest absolute Gasteiger partial charge is 0.372 e. The van der Waals surface area contributed by atoms with Crippen molar-refractivity contribution in [2.45, 2.75) is 44.7 Å². The fraction of sp³-hybridized carbons (Fsp3) is 0.722. The van der Waals surface area contributed by atoms with Gasteiger partial charge >= 0.3 is 6.18 Å². The molecule has 28 heavy (non-hydrogen) atoms. The van der Waals surface area contributed by atoms with Gasteiger partial charge in [-0.25, -0.2) is 9.97 Å². The SMILES string of the molecule is CC1CN(C(=O)CN2CCC(N(C)c3nccc(C(F)(F)F)n3)C2)CC(C)O1. The molecule has 156 valence electrons. The van der Waals surface area contributed by atoms with Crippen LogP contribution in [0.15, 0.2) is 12.3 Å². The second-order valence-corrected chi connectivity index (χ2v) is 7.58. The van der Waals surface area contributed by atoms with E-state index in [1.54, 1.807) is 11.9 Å². The largest absolute Gasteiger partial charge is 0.433 e. The van der Waals surface area contributed by atoms with Crippen molar-refractivity contribution in [3.63, 3.8) is 0 Å². The molecule has 3 heterocycles. The van der Waals surface area contributed by atoms with Gasteiger partial charge < -0.3 is 14.5 Å². The molecule has 1 amide bonds. The van der Waals surface area contributed by atoms with Crippen LogP contribution in [0.1, 0.15) is 26.0 Å². The van der Waals surface area contributed by atoms with Crippen molar-refractivity contribution in [2.75, 3.05) is 44.7 Å². The summed E-state index contributed by atoms with van der Waals surface area (Å²) in [5.41, 5.74) is -0.954. The van der Waals surface area contributed by atoms with E-state index in [1.165, 1.54) is 0 Å². The Labute approximate surface area is 162 Å². The van der Waals surface area contributed by atoms with Crippen LogP contribution in [0.5, 0.6) is 0 Å². The maximum absolute atomic E-state index is 12.9. The van der Waals surface area contributed by atoms with Gasteiger partial charge in [0.2, 0.25) is 11.9 Å². The third-order valence-electron chi connectivity index (χ3n) is 5.18. The fourth-order valence-electron chi connectivity index (χ4n) is 3.78. The van der Waals surface area contributed by atoms with Gasteiger partial charge in [0.15, 0.2) is 0 Å². The van der Waals surface area contributed by atoms with E-state index >= 15 is 0 Å². The number of hydrogen-bond acceptors (Lipinski definition) is 6. The third kappa shape index (κ3) is 4.91. The molecule has 0 bridgehead atoms. The number of anilines is 1. The van der Waals surface area contributed by atoms with E-state index in [0.717, 1.165) is 18.7 Å². The van der Waals surface area contributed by atoms with Gasteiger partial charge in [-0.1, -0.05) is 0 Å². The van der Waals surface area contributed by atoms with Gasteiger partial charge in [-0.05, 0) is 26.3 Å². The normalized spacial score (nSPS) is 26.5. The lowest BCUT2D eigenvalue weighted by Crippen LogP contribution is -2.51. The van der Waals surface area contributed by atoms with Crippen LogP contribution in [0.3, 0.4) is 0 Å². The van der Waals surface area contributed by atoms with E-state index in [1.807, 2.05) is 23.6 Å². The molecular weight excluding hydrogens is 375 g/mol. The molecule has 3 atom stereocenters. The summed E-state index contributed by atoms with van der Waals surface area (Å²) in [6, 6.07) is 0.820. The first-order valence-corrected chi connectivity index (χ1v) is 9.42. The van der Waals surface area contributed by atoms with Gasteiger partial charge in [-0.2, -0.15) is 13.2 Å². The Kier molecular flexibility index (Phi) is 6.09. The number of alkyl halides is 3. The average molecular weight is 401 g/mol. The maximum Gasteiger partial charge on any atom is 0.433 e. The van der Waals surface area contributed by atoms with Crippen molar-refractivity contribution in [2.24, 2.45) is 0 Å². The Bertz CT molecular complexity index is 692. The van der Waals surface area contributed by atoms with Crippen molar-refractivity contribution >= 4 is 11.9 Å². The molecule has 2 saturated heterocycles. The molecule has 3 rings (SSSR count). The lowest BCUT2D eigenvalue weighted by molar-refractivity contribution is -0.144. The van der Waals surface area contributed by atoms with Crippen LogP contribution in [0.25, 0.3) is 0 Å². The van der Waals surface area contributed by atoms with Crippen molar-refractivity contribution in [1.82, 2.24) is 19.8 Å². The highest BCUT2D eigenvalue weighted by Crippen LogP contribution is 2.28. The quantitative estimate of drug-likeness (QED) is 0.765. The standard InChI is InChI=1S/C18H26F3N5O2/c1-12-8-26(9-13(2)28-12)16(27)11-25-7-5-14(10-25)24(3)17-22-6-4-15(23-17)18(19,20)21/h4,6,12-14H,5,7-11H2,1-3H3. The number of morpholine rings is 1. The summed E-state index contributed by atoms with van der Waals surface area (Å²) in [4.78, 5) is 25.8. The van der Waals surface area contributed by atoms with Gasteiger partial charge in [0, 0.05) is 45.5 Å². The highest BCUT2D eigenvalue weighted by atomic mass is 19.4. The number of hydrogen-bond donors (Lipinski definition) is 0. The van der Waals surface area contributed by atoms with Gasteiger partial charge in [0.1, 0.15) is 5.69 Å². The second-order valence-electron chi connectivity index (χ2n) is 7.58. The van der Waals surface area contributed by atoms with Gasteiger partial charge in [0.05, 0.1) is 18.8 Å². The lowest BCUT2D eigenvalue weighted by atomic mass is 10.2. The predicted molar refractivity (Wildman–Crippen MR) is 96.9 cm³/mol. The zero-order valence-corrected chi connectivity index (χ0v) is 16.3. The lowest BCUT2D eigenvalue weighted by Gasteiger charge is -2.36. The molecule has 2 fully saturated rings. The van der Waals surface area contributed by atoms with Gasteiger partial charge in [-0.3, -0.25) is 9.69 Å². The number of rotatable bonds is 4.